The summed E-state index contributed by atoms with van der Waals surface area (Å²) in [6.45, 7) is 1.17. The molecular formula is C21H19FN2O5. The van der Waals surface area contributed by atoms with Crippen LogP contribution in [-0.2, 0) is 14.3 Å². The Bertz CT molecular complexity index is 954. The summed E-state index contributed by atoms with van der Waals surface area (Å²) in [6, 6.07) is 10.8. The van der Waals surface area contributed by atoms with Crippen molar-refractivity contribution in [2.45, 2.75) is 19.8 Å². The van der Waals surface area contributed by atoms with Gasteiger partial charge < -0.3 is 10.1 Å². The van der Waals surface area contributed by atoms with Gasteiger partial charge in [0.05, 0.1) is 11.1 Å². The van der Waals surface area contributed by atoms with E-state index < -0.39 is 24.3 Å². The van der Waals surface area contributed by atoms with Crippen LogP contribution in [0.4, 0.5) is 10.1 Å². The maximum Gasteiger partial charge on any atom is 0.306 e. The molecule has 1 aliphatic heterocycles. The van der Waals surface area contributed by atoms with E-state index >= 15 is 0 Å². The van der Waals surface area contributed by atoms with Crippen molar-refractivity contribution in [3.8, 4) is 0 Å². The van der Waals surface area contributed by atoms with Crippen molar-refractivity contribution in [1.29, 1.82) is 0 Å². The molecule has 2 aromatic carbocycles. The minimum Gasteiger partial charge on any atom is -0.456 e. The van der Waals surface area contributed by atoms with Gasteiger partial charge in [-0.2, -0.15) is 0 Å². The number of nitrogens with zero attached hydrogens (tertiary/aromatic N) is 1. The Balaban J connectivity index is 1.40. The van der Waals surface area contributed by atoms with E-state index in [2.05, 4.69) is 5.32 Å². The molecule has 2 aromatic rings. The number of carbonyl (C=O) groups excluding carboxylic acids is 4. The average Bonchev–Trinajstić information content (AvgIpc) is 2.94. The van der Waals surface area contributed by atoms with E-state index in [1.807, 2.05) is 0 Å². The van der Waals surface area contributed by atoms with E-state index in [0.717, 1.165) is 4.90 Å². The summed E-state index contributed by atoms with van der Waals surface area (Å²) in [7, 11) is 0. The van der Waals surface area contributed by atoms with Crippen LogP contribution >= 0.6 is 0 Å². The molecule has 7 nitrogen and oxygen atoms in total. The molecule has 0 spiro atoms. The van der Waals surface area contributed by atoms with Crippen molar-refractivity contribution < 1.29 is 28.3 Å². The maximum atomic E-state index is 13.5. The van der Waals surface area contributed by atoms with Crippen LogP contribution in [-0.4, -0.2) is 41.7 Å². The number of esters is 1. The van der Waals surface area contributed by atoms with Crippen LogP contribution in [0.15, 0.2) is 42.5 Å². The summed E-state index contributed by atoms with van der Waals surface area (Å²) >= 11 is 0. The summed E-state index contributed by atoms with van der Waals surface area (Å²) in [5.41, 5.74) is 1.42. The predicted octanol–water partition coefficient (Wildman–Crippen LogP) is 2.69. The number of carbonyl (C=O) groups is 4. The van der Waals surface area contributed by atoms with Crippen molar-refractivity contribution in [3.05, 3.63) is 65.0 Å². The highest BCUT2D eigenvalue weighted by molar-refractivity contribution is 6.21. The molecule has 0 radical (unpaired) electrons. The van der Waals surface area contributed by atoms with Crippen molar-refractivity contribution in [3.63, 3.8) is 0 Å². The first kappa shape index (κ1) is 20.2. The average molecular weight is 398 g/mol. The Kier molecular flexibility index (Phi) is 6.01. The van der Waals surface area contributed by atoms with Crippen molar-refractivity contribution >= 4 is 29.4 Å². The monoisotopic (exact) mass is 398 g/mol. The van der Waals surface area contributed by atoms with Gasteiger partial charge in [-0.3, -0.25) is 24.1 Å². The SMILES string of the molecule is Cc1ccc(NC(=O)COC(=O)CCCN2C(=O)c3ccccc3C2=O)cc1F. The molecule has 0 atom stereocenters. The number of imide groups is 1. The molecule has 0 saturated heterocycles. The lowest BCUT2D eigenvalue weighted by molar-refractivity contribution is -0.147. The Morgan fingerprint density at radius 1 is 1.07 bits per heavy atom. The summed E-state index contributed by atoms with van der Waals surface area (Å²) in [5.74, 6) is -2.45. The highest BCUT2D eigenvalue weighted by Crippen LogP contribution is 2.22. The molecular weight excluding hydrogens is 379 g/mol. The zero-order valence-corrected chi connectivity index (χ0v) is 15.7. The molecule has 8 heteroatoms. The molecule has 0 saturated carbocycles. The van der Waals surface area contributed by atoms with Gasteiger partial charge in [-0.25, -0.2) is 4.39 Å². The normalized spacial score (nSPS) is 12.7. The lowest BCUT2D eigenvalue weighted by Crippen LogP contribution is -2.31. The number of rotatable bonds is 7. The van der Waals surface area contributed by atoms with E-state index in [9.17, 15) is 23.6 Å². The van der Waals surface area contributed by atoms with E-state index in [0.29, 0.717) is 16.7 Å². The van der Waals surface area contributed by atoms with Gasteiger partial charge in [0.1, 0.15) is 5.82 Å². The van der Waals surface area contributed by atoms with Crippen molar-refractivity contribution in [2.75, 3.05) is 18.5 Å². The van der Waals surface area contributed by atoms with Crippen molar-refractivity contribution in [2.24, 2.45) is 0 Å². The summed E-state index contributed by atoms with van der Waals surface area (Å²) < 4.78 is 18.3. The van der Waals surface area contributed by atoms with Gasteiger partial charge in [-0.15, -0.1) is 0 Å². The van der Waals surface area contributed by atoms with Crippen molar-refractivity contribution in [1.82, 2.24) is 4.90 Å². The zero-order valence-electron chi connectivity index (χ0n) is 15.7. The number of fused-ring (bicyclic) bond motifs is 1. The minimum absolute atomic E-state index is 0.0557. The number of hydrogen-bond donors (Lipinski definition) is 1. The number of nitrogens with one attached hydrogen (secondary N) is 1. The molecule has 3 rings (SSSR count). The third kappa shape index (κ3) is 4.66. The van der Waals surface area contributed by atoms with Crippen LogP contribution < -0.4 is 5.32 Å². The fraction of sp³-hybridized carbons (Fsp3) is 0.238. The van der Waals surface area contributed by atoms with Crippen LogP contribution in [0.1, 0.15) is 39.1 Å². The number of aryl methyl sites for hydroxylation is 1. The molecule has 0 fully saturated rings. The molecule has 1 heterocycles. The van der Waals surface area contributed by atoms with Gasteiger partial charge in [0.15, 0.2) is 6.61 Å². The largest absolute Gasteiger partial charge is 0.456 e. The minimum atomic E-state index is -0.633. The maximum absolute atomic E-state index is 13.5. The first-order valence-corrected chi connectivity index (χ1v) is 9.03. The highest BCUT2D eigenvalue weighted by atomic mass is 19.1. The highest BCUT2D eigenvalue weighted by Gasteiger charge is 2.34. The van der Waals surface area contributed by atoms with Crippen LogP contribution in [0, 0.1) is 12.7 Å². The number of benzene rings is 2. The fourth-order valence-corrected chi connectivity index (χ4v) is 2.91. The Labute approximate surface area is 166 Å². The first-order chi connectivity index (χ1) is 13.9. The van der Waals surface area contributed by atoms with E-state index in [1.54, 1.807) is 37.3 Å². The van der Waals surface area contributed by atoms with Crippen LogP contribution in [0.5, 0.6) is 0 Å². The Morgan fingerprint density at radius 3 is 2.34 bits per heavy atom. The van der Waals surface area contributed by atoms with E-state index in [1.165, 1.54) is 12.1 Å². The molecule has 0 bridgehead atoms. The molecule has 0 aromatic heterocycles. The first-order valence-electron chi connectivity index (χ1n) is 9.03. The summed E-state index contributed by atoms with van der Waals surface area (Å²) in [6.07, 6.45) is 0.162. The standard InChI is InChI=1S/C21H19FN2O5/c1-13-8-9-14(11-17(13)22)23-18(25)12-29-19(26)7-4-10-24-20(27)15-5-2-3-6-16(15)21(24)28/h2-3,5-6,8-9,11H,4,7,10,12H2,1H3,(H,23,25). The Hall–Kier alpha value is -3.55. The predicted molar refractivity (Wildman–Crippen MR) is 102 cm³/mol. The van der Waals surface area contributed by atoms with Crippen LogP contribution in [0.25, 0.3) is 0 Å². The number of ether oxygens (including phenoxy) is 1. The van der Waals surface area contributed by atoms with Crippen LogP contribution in [0.3, 0.4) is 0 Å². The van der Waals surface area contributed by atoms with Gasteiger partial charge in [0, 0.05) is 18.7 Å². The van der Waals surface area contributed by atoms with Gasteiger partial charge in [0.2, 0.25) is 0 Å². The second-order valence-corrected chi connectivity index (χ2v) is 6.58. The number of amides is 3. The molecule has 29 heavy (non-hydrogen) atoms. The summed E-state index contributed by atoms with van der Waals surface area (Å²) in [4.78, 5) is 49.1. The second-order valence-electron chi connectivity index (χ2n) is 6.58. The Morgan fingerprint density at radius 2 is 1.72 bits per heavy atom. The topological polar surface area (TPSA) is 92.8 Å². The molecule has 150 valence electrons. The van der Waals surface area contributed by atoms with E-state index in [-0.39, 0.29) is 36.9 Å². The molecule has 1 N–H and O–H groups in total. The number of halogens is 1. The van der Waals surface area contributed by atoms with Gasteiger partial charge >= 0.3 is 5.97 Å². The number of hydrogen-bond acceptors (Lipinski definition) is 5. The third-order valence-electron chi connectivity index (χ3n) is 4.46. The lowest BCUT2D eigenvalue weighted by Gasteiger charge is -2.13. The quantitative estimate of drug-likeness (QED) is 0.572. The molecule has 0 unspecified atom stereocenters. The third-order valence-corrected chi connectivity index (χ3v) is 4.46. The van der Waals surface area contributed by atoms with Gasteiger partial charge in [0.25, 0.3) is 17.7 Å². The summed E-state index contributed by atoms with van der Waals surface area (Å²) in [5, 5.41) is 2.43. The second kappa shape index (κ2) is 8.64. The zero-order chi connectivity index (χ0) is 21.0. The number of anilines is 1. The lowest BCUT2D eigenvalue weighted by atomic mass is 10.1. The molecule has 0 aliphatic carbocycles. The molecule has 3 amide bonds. The smallest absolute Gasteiger partial charge is 0.306 e. The molecule has 1 aliphatic rings. The fourth-order valence-electron chi connectivity index (χ4n) is 2.91. The van der Waals surface area contributed by atoms with Gasteiger partial charge in [-0.1, -0.05) is 18.2 Å². The van der Waals surface area contributed by atoms with Crippen LogP contribution in [0.2, 0.25) is 0 Å². The van der Waals surface area contributed by atoms with Gasteiger partial charge in [-0.05, 0) is 43.2 Å². The van der Waals surface area contributed by atoms with E-state index in [4.69, 9.17) is 4.74 Å².